The van der Waals surface area contributed by atoms with Crippen LogP contribution in [0, 0.1) is 0 Å². The van der Waals surface area contributed by atoms with E-state index in [9.17, 15) is 5.11 Å². The highest BCUT2D eigenvalue weighted by Gasteiger charge is 2.16. The van der Waals surface area contributed by atoms with Gasteiger partial charge in [-0.15, -0.1) is 0 Å². The first-order valence-corrected chi connectivity index (χ1v) is 7.01. The van der Waals surface area contributed by atoms with Crippen LogP contribution < -0.4 is 0 Å². The lowest BCUT2D eigenvalue weighted by atomic mass is 10.2. The van der Waals surface area contributed by atoms with Crippen LogP contribution in [0.25, 0.3) is 28.3 Å². The highest BCUT2D eigenvalue weighted by Crippen LogP contribution is 2.32. The fourth-order valence-electron chi connectivity index (χ4n) is 2.58. The lowest BCUT2D eigenvalue weighted by Gasteiger charge is -2.03. The Morgan fingerprint density at radius 2 is 1.68 bits per heavy atom. The Hall–Kier alpha value is -3.14. The van der Waals surface area contributed by atoms with Crippen LogP contribution in [0.4, 0.5) is 0 Å². The summed E-state index contributed by atoms with van der Waals surface area (Å²) in [5.41, 5.74) is 3.28. The molecule has 0 bridgehead atoms. The third kappa shape index (κ3) is 1.93. The van der Waals surface area contributed by atoms with Crippen LogP contribution in [0.1, 0.15) is 0 Å². The average molecular weight is 287 g/mol. The van der Waals surface area contributed by atoms with Crippen LogP contribution in [0.15, 0.2) is 73.1 Å². The van der Waals surface area contributed by atoms with Crippen molar-refractivity contribution in [1.82, 2.24) is 14.4 Å². The minimum atomic E-state index is 0.214. The molecule has 0 atom stereocenters. The van der Waals surface area contributed by atoms with Crippen LogP contribution in [-0.2, 0) is 0 Å². The van der Waals surface area contributed by atoms with Crippen LogP contribution in [0.2, 0.25) is 0 Å². The van der Waals surface area contributed by atoms with Crippen molar-refractivity contribution in [1.29, 1.82) is 0 Å². The maximum absolute atomic E-state index is 10.1. The highest BCUT2D eigenvalue weighted by molar-refractivity contribution is 5.80. The summed E-state index contributed by atoms with van der Waals surface area (Å²) in [6, 6.07) is 18.9. The number of phenols is 1. The molecule has 3 heterocycles. The maximum Gasteiger partial charge on any atom is 0.149 e. The third-order valence-corrected chi connectivity index (χ3v) is 3.60. The van der Waals surface area contributed by atoms with Gasteiger partial charge in [0, 0.05) is 12.4 Å². The van der Waals surface area contributed by atoms with Gasteiger partial charge in [-0.1, -0.05) is 24.3 Å². The van der Waals surface area contributed by atoms with E-state index < -0.39 is 0 Å². The molecule has 0 saturated heterocycles. The van der Waals surface area contributed by atoms with Gasteiger partial charge in [0.15, 0.2) is 0 Å². The van der Waals surface area contributed by atoms with Crippen LogP contribution >= 0.6 is 0 Å². The number of para-hydroxylation sites is 1. The molecule has 4 heteroatoms. The molecule has 22 heavy (non-hydrogen) atoms. The number of benzene rings is 1. The highest BCUT2D eigenvalue weighted by atomic mass is 16.3. The number of pyridine rings is 2. The van der Waals surface area contributed by atoms with Gasteiger partial charge in [-0.25, -0.2) is 4.98 Å². The number of aromatic hydroxyl groups is 1. The van der Waals surface area contributed by atoms with Gasteiger partial charge in [0.05, 0.1) is 16.8 Å². The molecule has 4 nitrogen and oxygen atoms in total. The Morgan fingerprint density at radius 3 is 2.50 bits per heavy atom. The molecule has 4 rings (SSSR count). The van der Waals surface area contributed by atoms with Crippen molar-refractivity contribution in [3.05, 3.63) is 73.1 Å². The Morgan fingerprint density at radius 1 is 0.864 bits per heavy atom. The fourth-order valence-corrected chi connectivity index (χ4v) is 2.58. The summed E-state index contributed by atoms with van der Waals surface area (Å²) in [7, 11) is 0. The van der Waals surface area contributed by atoms with Crippen molar-refractivity contribution >= 4 is 5.52 Å². The smallest absolute Gasteiger partial charge is 0.149 e. The molecule has 4 aromatic rings. The number of phenolic OH excluding ortho intramolecular Hbond substituents is 1. The van der Waals surface area contributed by atoms with Gasteiger partial charge in [0.25, 0.3) is 0 Å². The molecule has 106 valence electrons. The van der Waals surface area contributed by atoms with Crippen LogP contribution in [-0.4, -0.2) is 19.5 Å². The summed E-state index contributed by atoms with van der Waals surface area (Å²) >= 11 is 0. The van der Waals surface area contributed by atoms with E-state index in [2.05, 4.69) is 4.98 Å². The lowest BCUT2D eigenvalue weighted by molar-refractivity contribution is 0.477. The summed E-state index contributed by atoms with van der Waals surface area (Å²) in [5, 5.41) is 10.1. The van der Waals surface area contributed by atoms with Crippen molar-refractivity contribution in [2.75, 3.05) is 0 Å². The molecule has 0 amide bonds. The zero-order chi connectivity index (χ0) is 14.9. The second-order valence-corrected chi connectivity index (χ2v) is 4.97. The summed E-state index contributed by atoms with van der Waals surface area (Å²) in [4.78, 5) is 9.12. The van der Waals surface area contributed by atoms with Gasteiger partial charge in [0.1, 0.15) is 17.3 Å². The molecular formula is C18H13N3O. The first kappa shape index (κ1) is 12.6. The second kappa shape index (κ2) is 5.00. The van der Waals surface area contributed by atoms with E-state index in [1.54, 1.807) is 18.3 Å². The van der Waals surface area contributed by atoms with Crippen molar-refractivity contribution in [3.63, 3.8) is 0 Å². The number of nitrogens with zero attached hydrogens (tertiary/aromatic N) is 3. The van der Waals surface area contributed by atoms with E-state index in [0.717, 1.165) is 16.9 Å². The molecule has 0 spiro atoms. The molecule has 3 aromatic heterocycles. The first-order chi connectivity index (χ1) is 10.8. The zero-order valence-corrected chi connectivity index (χ0v) is 11.7. The van der Waals surface area contributed by atoms with Gasteiger partial charge in [-0.05, 0) is 36.4 Å². The third-order valence-electron chi connectivity index (χ3n) is 3.60. The number of hydrogen-bond donors (Lipinski definition) is 1. The monoisotopic (exact) mass is 287 g/mol. The minimum absolute atomic E-state index is 0.214. The van der Waals surface area contributed by atoms with Crippen molar-refractivity contribution in [3.8, 4) is 28.5 Å². The zero-order valence-electron chi connectivity index (χ0n) is 11.7. The summed E-state index contributed by atoms with van der Waals surface area (Å²) in [6.07, 6.45) is 3.69. The SMILES string of the molecule is Oc1ccccc1-c1nc(-c2ccccn2)c2ccccn12. The van der Waals surface area contributed by atoms with Gasteiger partial charge in [-0.2, -0.15) is 0 Å². The van der Waals surface area contributed by atoms with Crippen molar-refractivity contribution < 1.29 is 5.11 Å². The van der Waals surface area contributed by atoms with E-state index in [4.69, 9.17) is 4.98 Å². The average Bonchev–Trinajstić information content (AvgIpc) is 2.96. The molecule has 1 aromatic carbocycles. The van der Waals surface area contributed by atoms with Gasteiger partial charge >= 0.3 is 0 Å². The first-order valence-electron chi connectivity index (χ1n) is 7.01. The van der Waals surface area contributed by atoms with E-state index >= 15 is 0 Å². The number of rotatable bonds is 2. The number of imidazole rings is 1. The van der Waals surface area contributed by atoms with Crippen molar-refractivity contribution in [2.24, 2.45) is 0 Å². The largest absolute Gasteiger partial charge is 0.507 e. The summed E-state index contributed by atoms with van der Waals surface area (Å²) in [6.45, 7) is 0. The fraction of sp³-hybridized carbons (Fsp3) is 0. The quantitative estimate of drug-likeness (QED) is 0.610. The second-order valence-electron chi connectivity index (χ2n) is 4.97. The molecular weight excluding hydrogens is 274 g/mol. The lowest BCUT2D eigenvalue weighted by Crippen LogP contribution is -1.88. The normalized spacial score (nSPS) is 10.9. The number of aromatic nitrogens is 3. The van der Waals surface area contributed by atoms with Crippen LogP contribution in [0.5, 0.6) is 5.75 Å². The van der Waals surface area contributed by atoms with E-state index in [-0.39, 0.29) is 5.75 Å². The Balaban J connectivity index is 2.04. The van der Waals surface area contributed by atoms with Gasteiger partial charge in [-0.3, -0.25) is 9.38 Å². The standard InChI is InChI=1S/C18H13N3O/c22-16-10-2-1-7-13(16)18-20-17(14-8-3-5-11-19-14)15-9-4-6-12-21(15)18/h1-12,22H. The predicted molar refractivity (Wildman–Crippen MR) is 85.5 cm³/mol. The molecule has 0 fully saturated rings. The van der Waals surface area contributed by atoms with E-state index in [1.165, 1.54) is 0 Å². The molecule has 1 N–H and O–H groups in total. The topological polar surface area (TPSA) is 50.4 Å². The Kier molecular flexibility index (Phi) is 2.86. The Bertz CT molecular complexity index is 945. The Labute approximate surface area is 127 Å². The van der Waals surface area contributed by atoms with Gasteiger partial charge < -0.3 is 5.11 Å². The molecule has 0 aliphatic heterocycles. The van der Waals surface area contributed by atoms with Gasteiger partial charge in [0.2, 0.25) is 0 Å². The van der Waals surface area contributed by atoms with E-state index in [0.29, 0.717) is 11.4 Å². The molecule has 0 unspecified atom stereocenters. The molecule has 0 aliphatic carbocycles. The van der Waals surface area contributed by atoms with Crippen LogP contribution in [0.3, 0.4) is 0 Å². The molecule has 0 saturated carbocycles. The van der Waals surface area contributed by atoms with Crippen molar-refractivity contribution in [2.45, 2.75) is 0 Å². The summed E-state index contributed by atoms with van der Waals surface area (Å²) in [5.74, 6) is 0.917. The van der Waals surface area contributed by atoms with E-state index in [1.807, 2.05) is 59.1 Å². The molecule has 0 radical (unpaired) electrons. The number of fused-ring (bicyclic) bond motifs is 1. The summed E-state index contributed by atoms with van der Waals surface area (Å²) < 4.78 is 1.97. The minimum Gasteiger partial charge on any atom is -0.507 e. The predicted octanol–water partition coefficient (Wildman–Crippen LogP) is 3.77. The maximum atomic E-state index is 10.1. The number of hydrogen-bond acceptors (Lipinski definition) is 3. The molecule has 0 aliphatic rings.